The van der Waals surface area contributed by atoms with Gasteiger partial charge in [-0.25, -0.2) is 0 Å². The van der Waals surface area contributed by atoms with Crippen LogP contribution in [-0.2, 0) is 0 Å². The second-order valence-corrected chi connectivity index (χ2v) is 14.5. The molecule has 0 spiro atoms. The third-order valence-corrected chi connectivity index (χ3v) is 10.1. The van der Waals surface area contributed by atoms with E-state index in [1.54, 1.807) is 0 Å². The van der Waals surface area contributed by atoms with Crippen molar-refractivity contribution in [3.63, 3.8) is 0 Å². The van der Waals surface area contributed by atoms with Crippen molar-refractivity contribution in [2.45, 2.75) is 252 Å². The largest absolute Gasteiger partial charge is 0.304 e. The van der Waals surface area contributed by atoms with Crippen LogP contribution in [0.1, 0.15) is 252 Å². The van der Waals surface area contributed by atoms with E-state index in [-0.39, 0.29) is 0 Å². The number of unbranched alkanes of at least 4 members (excludes halogenated alkanes) is 34. The van der Waals surface area contributed by atoms with Crippen molar-refractivity contribution in [1.29, 1.82) is 0 Å². The topological polar surface area (TPSA) is 3.24 Å². The summed E-state index contributed by atoms with van der Waals surface area (Å²) >= 11 is 0. The van der Waals surface area contributed by atoms with Gasteiger partial charge in [-0.2, -0.15) is 0 Å². The zero-order chi connectivity index (χ0) is 31.2. The van der Waals surface area contributed by atoms with Crippen molar-refractivity contribution >= 4 is 0 Å². The number of rotatable bonds is 39. The molecule has 0 aliphatic heterocycles. The Labute approximate surface area is 275 Å². The summed E-state index contributed by atoms with van der Waals surface area (Å²) in [4.78, 5) is 2.72. The molecule has 0 saturated heterocycles. The molecule has 0 aliphatic carbocycles. The first kappa shape index (κ1) is 43.0. The van der Waals surface area contributed by atoms with Gasteiger partial charge in [0.05, 0.1) is 0 Å². The van der Waals surface area contributed by atoms with Gasteiger partial charge in [0.1, 0.15) is 0 Å². The van der Waals surface area contributed by atoms with Gasteiger partial charge in [0.15, 0.2) is 0 Å². The molecule has 0 bridgehead atoms. The first-order valence-corrected chi connectivity index (χ1v) is 21.1. The molecule has 0 aliphatic rings. The summed E-state index contributed by atoms with van der Waals surface area (Å²) < 4.78 is 0. The molecule has 260 valence electrons. The first-order chi connectivity index (χ1) is 21.3. The van der Waals surface area contributed by atoms with Gasteiger partial charge in [-0.05, 0) is 32.5 Å². The van der Waals surface area contributed by atoms with Crippen molar-refractivity contribution in [2.75, 3.05) is 19.6 Å². The summed E-state index contributed by atoms with van der Waals surface area (Å²) in [7, 11) is 0. The SMILES string of the molecule is CCCCCCCCCCCCCCCCCCCCN(CC)CCCCCCCCCCCCCCCCCCCC. The van der Waals surface area contributed by atoms with Gasteiger partial charge in [0, 0.05) is 0 Å². The van der Waals surface area contributed by atoms with E-state index in [0.717, 1.165) is 0 Å². The average molecular weight is 606 g/mol. The summed E-state index contributed by atoms with van der Waals surface area (Å²) in [6, 6.07) is 0. The molecule has 1 nitrogen and oxygen atoms in total. The molecule has 43 heavy (non-hydrogen) atoms. The van der Waals surface area contributed by atoms with Crippen LogP contribution >= 0.6 is 0 Å². The van der Waals surface area contributed by atoms with Gasteiger partial charge in [0.2, 0.25) is 0 Å². The highest BCUT2D eigenvalue weighted by molar-refractivity contribution is 4.58. The predicted octanol–water partition coefficient (Wildman–Crippen LogP) is 15.4. The lowest BCUT2D eigenvalue weighted by molar-refractivity contribution is 0.273. The highest BCUT2D eigenvalue weighted by Crippen LogP contribution is 2.16. The molecule has 0 rings (SSSR count). The fourth-order valence-electron chi connectivity index (χ4n) is 6.90. The van der Waals surface area contributed by atoms with Crippen molar-refractivity contribution in [1.82, 2.24) is 4.90 Å². The Bertz CT molecular complexity index is 420. The zero-order valence-corrected chi connectivity index (χ0v) is 31.0. The van der Waals surface area contributed by atoms with Crippen molar-refractivity contribution in [3.8, 4) is 0 Å². The Hall–Kier alpha value is -0.0400. The van der Waals surface area contributed by atoms with Gasteiger partial charge >= 0.3 is 0 Å². The molecule has 0 amide bonds. The lowest BCUT2D eigenvalue weighted by Crippen LogP contribution is -2.25. The van der Waals surface area contributed by atoms with Crippen LogP contribution < -0.4 is 0 Å². The van der Waals surface area contributed by atoms with Gasteiger partial charge in [-0.1, -0.05) is 239 Å². The number of nitrogens with zero attached hydrogens (tertiary/aromatic N) is 1. The summed E-state index contributed by atoms with van der Waals surface area (Å²) in [5, 5.41) is 0. The molecule has 0 aromatic rings. The molecule has 0 aromatic heterocycles. The van der Waals surface area contributed by atoms with Crippen molar-refractivity contribution < 1.29 is 0 Å². The van der Waals surface area contributed by atoms with E-state index in [0.29, 0.717) is 0 Å². The van der Waals surface area contributed by atoms with Crippen LogP contribution in [0.25, 0.3) is 0 Å². The highest BCUT2D eigenvalue weighted by atomic mass is 15.1. The Balaban J connectivity index is 3.24. The summed E-state index contributed by atoms with van der Waals surface area (Å²) in [6.45, 7) is 10.9. The van der Waals surface area contributed by atoms with Crippen LogP contribution in [0.5, 0.6) is 0 Å². The summed E-state index contributed by atoms with van der Waals surface area (Å²) in [5.41, 5.74) is 0. The number of hydrogen-bond donors (Lipinski definition) is 0. The minimum atomic E-state index is 1.25. The summed E-state index contributed by atoms with van der Waals surface area (Å²) in [6.07, 6.45) is 52.9. The third-order valence-electron chi connectivity index (χ3n) is 10.1. The predicted molar refractivity (Wildman–Crippen MR) is 200 cm³/mol. The molecule has 0 aromatic carbocycles. The second kappa shape index (κ2) is 40.0. The molecule has 0 unspecified atom stereocenters. The van der Waals surface area contributed by atoms with E-state index < -0.39 is 0 Å². The minimum Gasteiger partial charge on any atom is -0.304 e. The minimum absolute atomic E-state index is 1.25. The molecular weight excluding hydrogens is 518 g/mol. The van der Waals surface area contributed by atoms with Gasteiger partial charge in [-0.3, -0.25) is 0 Å². The molecular formula is C42H87N. The molecule has 0 heterocycles. The van der Waals surface area contributed by atoms with Crippen molar-refractivity contribution in [2.24, 2.45) is 0 Å². The second-order valence-electron chi connectivity index (χ2n) is 14.5. The molecule has 0 fully saturated rings. The lowest BCUT2D eigenvalue weighted by atomic mass is 10.0. The molecule has 1 heteroatoms. The van der Waals surface area contributed by atoms with Crippen LogP contribution in [0.15, 0.2) is 0 Å². The fourth-order valence-corrected chi connectivity index (χ4v) is 6.90. The standard InChI is InChI=1S/C42H87N/c1-4-7-9-11-13-15-17-19-21-23-25-27-29-31-33-35-37-39-41-43(6-3)42-40-38-36-34-32-30-28-26-24-22-20-18-16-14-12-10-8-5-2/h4-42H2,1-3H3. The smallest absolute Gasteiger partial charge is 0.00189 e. The van der Waals surface area contributed by atoms with Gasteiger partial charge < -0.3 is 4.90 Å². The summed E-state index contributed by atoms with van der Waals surface area (Å²) in [5.74, 6) is 0. The number of hydrogen-bond acceptors (Lipinski definition) is 1. The monoisotopic (exact) mass is 606 g/mol. The van der Waals surface area contributed by atoms with E-state index in [9.17, 15) is 0 Å². The average Bonchev–Trinajstić information content (AvgIpc) is 3.02. The van der Waals surface area contributed by atoms with E-state index in [4.69, 9.17) is 0 Å². The van der Waals surface area contributed by atoms with Gasteiger partial charge in [-0.15, -0.1) is 0 Å². The van der Waals surface area contributed by atoms with Crippen LogP contribution in [-0.4, -0.2) is 24.5 Å². The Morgan fingerprint density at radius 3 is 0.535 bits per heavy atom. The molecule has 0 atom stereocenters. The maximum Gasteiger partial charge on any atom is -0.00189 e. The van der Waals surface area contributed by atoms with Crippen molar-refractivity contribution in [3.05, 3.63) is 0 Å². The van der Waals surface area contributed by atoms with Crippen LogP contribution in [0.2, 0.25) is 0 Å². The Morgan fingerprint density at radius 1 is 0.209 bits per heavy atom. The molecule has 0 N–H and O–H groups in total. The normalized spacial score (nSPS) is 11.7. The highest BCUT2D eigenvalue weighted by Gasteiger charge is 2.02. The Kier molecular flexibility index (Phi) is 39.9. The Morgan fingerprint density at radius 2 is 0.372 bits per heavy atom. The lowest BCUT2D eigenvalue weighted by Gasteiger charge is -2.20. The van der Waals surface area contributed by atoms with E-state index >= 15 is 0 Å². The van der Waals surface area contributed by atoms with E-state index in [2.05, 4.69) is 25.7 Å². The van der Waals surface area contributed by atoms with E-state index in [1.165, 1.54) is 251 Å². The van der Waals surface area contributed by atoms with Crippen LogP contribution in [0, 0.1) is 0 Å². The quantitative estimate of drug-likeness (QED) is 0.0630. The third kappa shape index (κ3) is 38.1. The maximum absolute atomic E-state index is 2.72. The van der Waals surface area contributed by atoms with Gasteiger partial charge in [0.25, 0.3) is 0 Å². The van der Waals surface area contributed by atoms with E-state index in [1.807, 2.05) is 0 Å². The van der Waals surface area contributed by atoms with Crippen LogP contribution in [0.3, 0.4) is 0 Å². The molecule has 0 saturated carbocycles. The maximum atomic E-state index is 2.72. The first-order valence-electron chi connectivity index (χ1n) is 21.1. The molecule has 0 radical (unpaired) electrons. The van der Waals surface area contributed by atoms with Crippen LogP contribution in [0.4, 0.5) is 0 Å². The zero-order valence-electron chi connectivity index (χ0n) is 31.0. The fraction of sp³-hybridized carbons (Fsp3) is 1.00.